The van der Waals surface area contributed by atoms with E-state index in [9.17, 15) is 0 Å². The van der Waals surface area contributed by atoms with E-state index in [0.29, 0.717) is 12.5 Å². The first-order valence-electron chi connectivity index (χ1n) is 5.92. The zero-order chi connectivity index (χ0) is 13.4. The summed E-state index contributed by atoms with van der Waals surface area (Å²) in [5, 5.41) is 3.15. The van der Waals surface area contributed by atoms with Gasteiger partial charge >= 0.3 is 0 Å². The number of rotatable bonds is 2. The minimum absolute atomic E-state index is 0.103. The molecular formula is C13H13BrN4S. The average Bonchev–Trinajstić information content (AvgIpc) is 2.97. The van der Waals surface area contributed by atoms with Gasteiger partial charge in [0, 0.05) is 15.5 Å². The molecule has 1 aromatic heterocycles. The molecule has 98 valence electrons. The topological polar surface area (TPSA) is 54.5 Å². The molecule has 1 aromatic carbocycles. The molecule has 4 nitrogen and oxygen atoms in total. The van der Waals surface area contributed by atoms with E-state index < -0.39 is 0 Å². The van der Waals surface area contributed by atoms with E-state index in [1.807, 2.05) is 36.1 Å². The molecule has 3 rings (SSSR count). The summed E-state index contributed by atoms with van der Waals surface area (Å²) in [6, 6.07) is 8.17. The Bertz CT molecular complexity index is 620. The quantitative estimate of drug-likeness (QED) is 0.916. The van der Waals surface area contributed by atoms with Crippen LogP contribution in [-0.4, -0.2) is 17.5 Å². The van der Waals surface area contributed by atoms with Gasteiger partial charge in [-0.3, -0.25) is 4.99 Å². The van der Waals surface area contributed by atoms with E-state index in [1.165, 1.54) is 0 Å². The summed E-state index contributed by atoms with van der Waals surface area (Å²) in [5.74, 6) is 0.554. The number of hydrogen-bond acceptors (Lipinski definition) is 5. The zero-order valence-corrected chi connectivity index (χ0v) is 12.8. The van der Waals surface area contributed by atoms with Crippen LogP contribution in [0.5, 0.6) is 0 Å². The number of aliphatic imine (C=N–C) groups is 1. The maximum Gasteiger partial charge on any atom is 0.196 e. The van der Waals surface area contributed by atoms with Gasteiger partial charge in [0.1, 0.15) is 0 Å². The van der Waals surface area contributed by atoms with Crippen molar-refractivity contribution < 1.29 is 0 Å². The number of aromatic nitrogens is 1. The fraction of sp³-hybridized carbons (Fsp3) is 0.231. The molecule has 1 aliphatic heterocycles. The Balaban J connectivity index is 1.96. The molecule has 2 aromatic rings. The van der Waals surface area contributed by atoms with Crippen LogP contribution in [0.1, 0.15) is 16.7 Å². The van der Waals surface area contributed by atoms with Crippen molar-refractivity contribution in [3.8, 4) is 0 Å². The van der Waals surface area contributed by atoms with Crippen LogP contribution >= 0.6 is 27.3 Å². The lowest BCUT2D eigenvalue weighted by Gasteiger charge is -2.25. The van der Waals surface area contributed by atoms with E-state index in [2.05, 4.69) is 31.3 Å². The van der Waals surface area contributed by atoms with Crippen molar-refractivity contribution in [1.29, 1.82) is 0 Å². The van der Waals surface area contributed by atoms with Gasteiger partial charge in [-0.1, -0.05) is 15.9 Å². The second-order valence-corrected chi connectivity index (χ2v) is 6.33. The lowest BCUT2D eigenvalue weighted by molar-refractivity contribution is 0.744. The van der Waals surface area contributed by atoms with Gasteiger partial charge in [0.25, 0.3) is 0 Å². The van der Waals surface area contributed by atoms with Crippen molar-refractivity contribution in [3.05, 3.63) is 44.8 Å². The molecule has 1 atom stereocenters. The molecule has 1 aliphatic rings. The Morgan fingerprint density at radius 1 is 1.37 bits per heavy atom. The number of hydrogen-bond donors (Lipinski definition) is 1. The van der Waals surface area contributed by atoms with Gasteiger partial charge in [-0.05, 0) is 31.2 Å². The highest BCUT2D eigenvalue weighted by Gasteiger charge is 2.30. The van der Waals surface area contributed by atoms with Crippen molar-refractivity contribution in [1.82, 2.24) is 4.98 Å². The number of thiazole rings is 1. The molecular weight excluding hydrogens is 324 g/mol. The van der Waals surface area contributed by atoms with Gasteiger partial charge in [-0.25, -0.2) is 4.98 Å². The lowest BCUT2D eigenvalue weighted by atomic mass is 10.2. The highest BCUT2D eigenvalue weighted by molar-refractivity contribution is 9.10. The van der Waals surface area contributed by atoms with Crippen LogP contribution in [0.25, 0.3) is 0 Å². The molecule has 0 saturated carbocycles. The van der Waals surface area contributed by atoms with E-state index in [-0.39, 0.29) is 6.04 Å². The van der Waals surface area contributed by atoms with Crippen LogP contribution in [-0.2, 0) is 0 Å². The molecule has 6 heteroatoms. The van der Waals surface area contributed by atoms with Gasteiger partial charge in [0.05, 0.1) is 23.3 Å². The molecule has 1 unspecified atom stereocenters. The molecule has 0 radical (unpaired) electrons. The van der Waals surface area contributed by atoms with Crippen LogP contribution in [0.2, 0.25) is 0 Å². The summed E-state index contributed by atoms with van der Waals surface area (Å²) in [6.45, 7) is 2.67. The van der Waals surface area contributed by atoms with Crippen LogP contribution in [0.3, 0.4) is 0 Å². The van der Waals surface area contributed by atoms with E-state index in [0.717, 1.165) is 20.9 Å². The maximum absolute atomic E-state index is 6.02. The second-order valence-electron chi connectivity index (χ2n) is 4.35. The highest BCUT2D eigenvalue weighted by atomic mass is 79.9. The van der Waals surface area contributed by atoms with E-state index in [1.54, 1.807) is 11.3 Å². The van der Waals surface area contributed by atoms with Crippen molar-refractivity contribution in [3.63, 3.8) is 0 Å². The van der Waals surface area contributed by atoms with Gasteiger partial charge in [-0.2, -0.15) is 0 Å². The minimum atomic E-state index is 0.103. The molecule has 0 amide bonds. The van der Waals surface area contributed by atoms with Crippen molar-refractivity contribution >= 4 is 38.9 Å². The van der Waals surface area contributed by atoms with Crippen LogP contribution < -0.4 is 10.6 Å². The molecule has 0 saturated heterocycles. The zero-order valence-electron chi connectivity index (χ0n) is 10.4. The maximum atomic E-state index is 6.02. The minimum Gasteiger partial charge on any atom is -0.369 e. The van der Waals surface area contributed by atoms with E-state index >= 15 is 0 Å². The number of aryl methyl sites for hydroxylation is 1. The molecule has 19 heavy (non-hydrogen) atoms. The molecule has 2 heterocycles. The van der Waals surface area contributed by atoms with Crippen LogP contribution in [0.4, 0.5) is 5.69 Å². The lowest BCUT2D eigenvalue weighted by Crippen LogP contribution is -2.36. The summed E-state index contributed by atoms with van der Waals surface area (Å²) in [7, 11) is 0. The van der Waals surface area contributed by atoms with Crippen LogP contribution in [0, 0.1) is 6.92 Å². The number of guanidine groups is 1. The summed E-state index contributed by atoms with van der Waals surface area (Å²) in [6.07, 6.45) is 0. The molecule has 2 N–H and O–H groups in total. The number of nitrogens with two attached hydrogens (primary N) is 1. The predicted molar refractivity (Wildman–Crippen MR) is 82.7 cm³/mol. The molecule has 0 bridgehead atoms. The highest BCUT2D eigenvalue weighted by Crippen LogP contribution is 2.32. The largest absolute Gasteiger partial charge is 0.369 e. The smallest absolute Gasteiger partial charge is 0.196 e. The Morgan fingerprint density at radius 3 is 2.74 bits per heavy atom. The first-order chi connectivity index (χ1) is 9.15. The van der Waals surface area contributed by atoms with Gasteiger partial charge in [-0.15, -0.1) is 11.3 Å². The molecule has 0 spiro atoms. The van der Waals surface area contributed by atoms with Gasteiger partial charge in [0.15, 0.2) is 5.96 Å². The molecule has 0 fully saturated rings. The Labute approximate surface area is 124 Å². The summed E-state index contributed by atoms with van der Waals surface area (Å²) >= 11 is 5.10. The van der Waals surface area contributed by atoms with Crippen LogP contribution in [0.15, 0.2) is 39.1 Å². The van der Waals surface area contributed by atoms with Gasteiger partial charge < -0.3 is 10.6 Å². The Hall–Kier alpha value is -1.40. The number of anilines is 1. The third-order valence-electron chi connectivity index (χ3n) is 3.07. The summed E-state index contributed by atoms with van der Waals surface area (Å²) < 4.78 is 1.05. The predicted octanol–water partition coefficient (Wildman–Crippen LogP) is 3.09. The standard InChI is InChI=1S/C13H13BrN4S/c1-8-17-11(7-19-8)12-6-16-13(15)18(12)10-4-2-9(14)3-5-10/h2-5,7,12H,6H2,1H3,(H2,15,16). The van der Waals surface area contributed by atoms with Crippen molar-refractivity contribution in [2.24, 2.45) is 10.7 Å². The van der Waals surface area contributed by atoms with Gasteiger partial charge in [0.2, 0.25) is 0 Å². The fourth-order valence-corrected chi connectivity index (χ4v) is 3.09. The Kier molecular flexibility index (Phi) is 3.28. The number of halogens is 1. The normalized spacial score (nSPS) is 18.7. The first kappa shape index (κ1) is 12.6. The SMILES string of the molecule is Cc1nc(C2CN=C(N)N2c2ccc(Br)cc2)cs1. The average molecular weight is 337 g/mol. The fourth-order valence-electron chi connectivity index (χ4n) is 2.17. The second kappa shape index (κ2) is 4.94. The molecule has 0 aliphatic carbocycles. The Morgan fingerprint density at radius 2 is 2.11 bits per heavy atom. The van der Waals surface area contributed by atoms with Crippen molar-refractivity contribution in [2.75, 3.05) is 11.4 Å². The first-order valence-corrected chi connectivity index (χ1v) is 7.59. The van der Waals surface area contributed by atoms with Crippen molar-refractivity contribution in [2.45, 2.75) is 13.0 Å². The third-order valence-corrected chi connectivity index (χ3v) is 4.39. The number of nitrogens with zero attached hydrogens (tertiary/aromatic N) is 3. The third kappa shape index (κ3) is 2.37. The summed E-state index contributed by atoms with van der Waals surface area (Å²) in [4.78, 5) is 11.0. The monoisotopic (exact) mass is 336 g/mol. The van der Waals surface area contributed by atoms with E-state index in [4.69, 9.17) is 5.73 Å². The summed E-state index contributed by atoms with van der Waals surface area (Å²) in [5.41, 5.74) is 8.10. The number of benzene rings is 1.